The number of rotatable bonds is 15. The van der Waals surface area contributed by atoms with Crippen LogP contribution in [-0.2, 0) is 44.9 Å². The van der Waals surface area contributed by atoms with Crippen LogP contribution in [0.4, 0.5) is 0 Å². The van der Waals surface area contributed by atoms with Crippen LogP contribution in [0.15, 0.2) is 104 Å². The molecule has 270 valence electrons. The summed E-state index contributed by atoms with van der Waals surface area (Å²) in [5.41, 5.74) is 11.7. The molecule has 3 amide bonds. The van der Waals surface area contributed by atoms with Gasteiger partial charge in [-0.15, -0.1) is 0 Å². The van der Waals surface area contributed by atoms with Gasteiger partial charge in [0.2, 0.25) is 17.7 Å². The number of nitrogens with zero attached hydrogens (tertiary/aromatic N) is 1. The highest BCUT2D eigenvalue weighted by molar-refractivity contribution is 5.96. The molecular formula is C39H39N9O5. The number of aliphatic carboxylic acids is 1. The van der Waals surface area contributed by atoms with Crippen LogP contribution < -0.4 is 21.7 Å². The number of nitrogens with two attached hydrogens (primary N) is 1. The molecule has 0 saturated heterocycles. The van der Waals surface area contributed by atoms with E-state index in [0.717, 1.165) is 49.4 Å². The zero-order chi connectivity index (χ0) is 36.9. The van der Waals surface area contributed by atoms with Crippen LogP contribution in [0.2, 0.25) is 0 Å². The molecule has 4 unspecified atom stereocenters. The van der Waals surface area contributed by atoms with Gasteiger partial charge >= 0.3 is 5.97 Å². The van der Waals surface area contributed by atoms with Gasteiger partial charge in [0.15, 0.2) is 0 Å². The quantitative estimate of drug-likeness (QED) is 0.0771. The minimum absolute atomic E-state index is 0.00625. The maximum atomic E-state index is 14.3. The largest absolute Gasteiger partial charge is 0.480 e. The van der Waals surface area contributed by atoms with Crippen molar-refractivity contribution in [1.29, 1.82) is 0 Å². The second-order valence-corrected chi connectivity index (χ2v) is 13.1. The molecule has 0 aliphatic heterocycles. The maximum Gasteiger partial charge on any atom is 0.326 e. The number of hydrogen-bond donors (Lipinski definition) is 9. The van der Waals surface area contributed by atoms with Crippen LogP contribution in [0, 0.1) is 0 Å². The van der Waals surface area contributed by atoms with E-state index in [1.54, 1.807) is 24.8 Å². The molecule has 3 aromatic carbocycles. The van der Waals surface area contributed by atoms with Crippen molar-refractivity contribution in [1.82, 2.24) is 40.9 Å². The lowest BCUT2D eigenvalue weighted by molar-refractivity contribution is -0.142. The van der Waals surface area contributed by atoms with E-state index in [-0.39, 0.29) is 25.7 Å². The van der Waals surface area contributed by atoms with Gasteiger partial charge in [-0.1, -0.05) is 54.6 Å². The third kappa shape index (κ3) is 7.82. The Balaban J connectivity index is 1.16. The second kappa shape index (κ2) is 15.3. The molecule has 4 atom stereocenters. The van der Waals surface area contributed by atoms with E-state index in [4.69, 9.17) is 5.73 Å². The Labute approximate surface area is 303 Å². The molecule has 0 fully saturated rings. The minimum Gasteiger partial charge on any atom is -0.480 e. The fourth-order valence-corrected chi connectivity index (χ4v) is 6.73. The van der Waals surface area contributed by atoms with Crippen molar-refractivity contribution < 1.29 is 24.3 Å². The predicted molar refractivity (Wildman–Crippen MR) is 200 cm³/mol. The van der Waals surface area contributed by atoms with Gasteiger partial charge in [-0.05, 0) is 34.9 Å². The van der Waals surface area contributed by atoms with Crippen LogP contribution in [0.5, 0.6) is 0 Å². The van der Waals surface area contributed by atoms with Crippen molar-refractivity contribution in [3.63, 3.8) is 0 Å². The molecule has 7 aromatic rings. The van der Waals surface area contributed by atoms with Crippen LogP contribution in [0.25, 0.3) is 32.7 Å². The first-order chi connectivity index (χ1) is 25.7. The summed E-state index contributed by atoms with van der Waals surface area (Å²) in [5.74, 6) is -3.12. The van der Waals surface area contributed by atoms with Gasteiger partial charge < -0.3 is 46.7 Å². The average Bonchev–Trinajstić information content (AvgIpc) is 3.99. The van der Waals surface area contributed by atoms with Crippen molar-refractivity contribution in [3.8, 4) is 0 Å². The number of carbonyl (C=O) groups is 4. The van der Waals surface area contributed by atoms with Gasteiger partial charge in [-0.2, -0.15) is 0 Å². The zero-order valence-electron chi connectivity index (χ0n) is 28.6. The number of amides is 3. The standard InChI is InChI=1S/C39H39N9O5/c40-29(16-25-20-41-21-45-25)36(49)46-33(13-22-17-42-30-10-4-1-7-26(22)30)37(50)47-34(14-23-18-43-31-11-5-2-8-27(23)31)38(51)48-35(39(52)53)15-24-19-44-32-12-6-3-9-28(24)32/h1-12,17-21,29,33-35,42-44H,13-16,40H2,(H,41,45)(H,46,49)(H,47,50)(H,48,51)(H,52,53). The summed E-state index contributed by atoms with van der Waals surface area (Å²) < 4.78 is 0. The topological polar surface area (TPSA) is 227 Å². The molecule has 0 radical (unpaired) electrons. The SMILES string of the molecule is NC(Cc1cnc[nH]1)C(=O)NC(Cc1c[nH]c2ccccc12)C(=O)NC(Cc1c[nH]c2ccccc12)C(=O)NC(Cc1c[nH]c2ccccc12)C(=O)O. The van der Waals surface area contributed by atoms with E-state index in [2.05, 4.69) is 40.9 Å². The Kier molecular flexibility index (Phi) is 10.0. The van der Waals surface area contributed by atoms with Crippen molar-refractivity contribution in [3.05, 3.63) is 126 Å². The summed E-state index contributed by atoms with van der Waals surface area (Å²) in [5, 5.41) is 21.1. The summed E-state index contributed by atoms with van der Waals surface area (Å²) in [6, 6.07) is 18.0. The lowest BCUT2D eigenvalue weighted by Gasteiger charge is -2.25. The highest BCUT2D eigenvalue weighted by Gasteiger charge is 2.32. The molecule has 10 N–H and O–H groups in total. The first-order valence-corrected chi connectivity index (χ1v) is 17.2. The van der Waals surface area contributed by atoms with Crippen LogP contribution in [0.1, 0.15) is 22.4 Å². The Morgan fingerprint density at radius 1 is 0.585 bits per heavy atom. The van der Waals surface area contributed by atoms with E-state index in [0.29, 0.717) is 5.69 Å². The van der Waals surface area contributed by atoms with E-state index in [1.165, 1.54) is 6.33 Å². The minimum atomic E-state index is -1.30. The zero-order valence-corrected chi connectivity index (χ0v) is 28.6. The van der Waals surface area contributed by atoms with E-state index >= 15 is 0 Å². The van der Waals surface area contributed by atoms with Crippen LogP contribution in [-0.4, -0.2) is 77.9 Å². The molecule has 0 aliphatic carbocycles. The number of carboxylic acid groups (broad SMARTS) is 1. The van der Waals surface area contributed by atoms with Gasteiger partial charge in [-0.3, -0.25) is 14.4 Å². The van der Waals surface area contributed by atoms with Gasteiger partial charge in [0.05, 0.1) is 12.4 Å². The number of imidazole rings is 1. The Bertz CT molecular complexity index is 2390. The Morgan fingerprint density at radius 2 is 1.00 bits per heavy atom. The number of nitrogens with one attached hydrogen (secondary N) is 7. The number of fused-ring (bicyclic) bond motifs is 3. The molecule has 4 heterocycles. The number of aromatic amines is 4. The lowest BCUT2D eigenvalue weighted by Crippen LogP contribution is -2.58. The third-order valence-electron chi connectivity index (χ3n) is 9.51. The molecular weight excluding hydrogens is 674 g/mol. The molecule has 0 spiro atoms. The van der Waals surface area contributed by atoms with Crippen LogP contribution in [0.3, 0.4) is 0 Å². The van der Waals surface area contributed by atoms with E-state index in [9.17, 15) is 24.3 Å². The Hall–Kier alpha value is -6.67. The van der Waals surface area contributed by atoms with Gasteiger partial charge in [0.25, 0.3) is 0 Å². The Morgan fingerprint density at radius 3 is 1.43 bits per heavy atom. The average molecular weight is 714 g/mol. The normalized spacial score (nSPS) is 13.8. The van der Waals surface area contributed by atoms with Crippen LogP contribution >= 0.6 is 0 Å². The van der Waals surface area contributed by atoms with Crippen molar-refractivity contribution >= 4 is 56.4 Å². The summed E-state index contributed by atoms with van der Waals surface area (Å²) in [6.07, 6.45) is 8.61. The van der Waals surface area contributed by atoms with Crippen molar-refractivity contribution in [2.45, 2.75) is 49.9 Å². The van der Waals surface area contributed by atoms with Crippen molar-refractivity contribution in [2.75, 3.05) is 0 Å². The monoisotopic (exact) mass is 713 g/mol. The number of aromatic nitrogens is 5. The fraction of sp³-hybridized carbons (Fsp3) is 0.205. The first-order valence-electron chi connectivity index (χ1n) is 17.2. The molecule has 0 saturated carbocycles. The lowest BCUT2D eigenvalue weighted by atomic mass is 10.00. The maximum absolute atomic E-state index is 14.3. The summed E-state index contributed by atoms with van der Waals surface area (Å²) >= 11 is 0. The summed E-state index contributed by atoms with van der Waals surface area (Å²) in [7, 11) is 0. The predicted octanol–water partition coefficient (Wildman–Crippen LogP) is 2.99. The molecule has 14 heteroatoms. The second-order valence-electron chi connectivity index (χ2n) is 13.1. The first kappa shape index (κ1) is 34.8. The van der Waals surface area contributed by atoms with Gasteiger partial charge in [0.1, 0.15) is 18.1 Å². The molecule has 0 bridgehead atoms. The molecule has 0 aliphatic rings. The molecule has 4 aromatic heterocycles. The van der Waals surface area contributed by atoms with Crippen molar-refractivity contribution in [2.24, 2.45) is 5.73 Å². The summed E-state index contributed by atoms with van der Waals surface area (Å²) in [4.78, 5) is 70.9. The number of H-pyrrole nitrogens is 4. The molecule has 53 heavy (non-hydrogen) atoms. The van der Waals surface area contributed by atoms with Gasteiger partial charge in [-0.25, -0.2) is 9.78 Å². The van der Waals surface area contributed by atoms with E-state index < -0.39 is 47.9 Å². The van der Waals surface area contributed by atoms with Gasteiger partial charge in [0, 0.05) is 88.9 Å². The number of hydrogen-bond acceptors (Lipinski definition) is 6. The molecule has 7 rings (SSSR count). The highest BCUT2D eigenvalue weighted by Crippen LogP contribution is 2.22. The number of para-hydroxylation sites is 3. The number of benzene rings is 3. The smallest absolute Gasteiger partial charge is 0.326 e. The molecule has 14 nitrogen and oxygen atoms in total. The number of carbonyl (C=O) groups excluding carboxylic acids is 3. The summed E-state index contributed by atoms with van der Waals surface area (Å²) in [6.45, 7) is 0. The van der Waals surface area contributed by atoms with E-state index in [1.807, 2.05) is 72.8 Å². The fourth-order valence-electron chi connectivity index (χ4n) is 6.73. The third-order valence-corrected chi connectivity index (χ3v) is 9.51. The number of carboxylic acids is 1. The highest BCUT2D eigenvalue weighted by atomic mass is 16.4.